The summed E-state index contributed by atoms with van der Waals surface area (Å²) in [6, 6.07) is 10.9. The van der Waals surface area contributed by atoms with Crippen LogP contribution in [-0.2, 0) is 4.74 Å². The van der Waals surface area contributed by atoms with E-state index in [0.717, 1.165) is 19.5 Å². The number of hydrogen-bond donors (Lipinski definition) is 2. The number of nitrogens with one attached hydrogen (secondary N) is 2. The molecule has 0 spiro atoms. The number of benzene rings is 1. The highest BCUT2D eigenvalue weighted by Gasteiger charge is 2.27. The van der Waals surface area contributed by atoms with Crippen LogP contribution in [0.5, 0.6) is 0 Å². The Morgan fingerprint density at radius 2 is 1.88 bits per heavy atom. The first kappa shape index (κ1) is 18.6. The third-order valence-corrected chi connectivity index (χ3v) is 3.98. The molecule has 1 aliphatic heterocycles. The lowest BCUT2D eigenvalue weighted by Gasteiger charge is -2.30. The molecule has 0 radical (unpaired) electrons. The fourth-order valence-corrected chi connectivity index (χ4v) is 2.82. The summed E-state index contributed by atoms with van der Waals surface area (Å²) >= 11 is 0. The highest BCUT2D eigenvalue weighted by Crippen LogP contribution is 2.20. The fraction of sp³-hybridized carbons (Fsp3) is 0.632. The molecule has 1 unspecified atom stereocenters. The molecule has 5 nitrogen and oxygen atoms in total. The number of amides is 1. The summed E-state index contributed by atoms with van der Waals surface area (Å²) in [5.74, 6) is 0. The van der Waals surface area contributed by atoms with Crippen molar-refractivity contribution in [2.45, 2.75) is 58.2 Å². The predicted octanol–water partition coefficient (Wildman–Crippen LogP) is 3.16. The molecule has 1 atom stereocenters. The summed E-state index contributed by atoms with van der Waals surface area (Å²) in [7, 11) is 0. The van der Waals surface area contributed by atoms with Gasteiger partial charge in [0.05, 0.1) is 5.54 Å². The van der Waals surface area contributed by atoms with Crippen LogP contribution >= 0.6 is 0 Å². The quantitative estimate of drug-likeness (QED) is 0.869. The molecule has 24 heavy (non-hydrogen) atoms. The van der Waals surface area contributed by atoms with Gasteiger partial charge >= 0.3 is 6.09 Å². The maximum Gasteiger partial charge on any atom is 0.408 e. The van der Waals surface area contributed by atoms with Gasteiger partial charge < -0.3 is 20.3 Å². The molecule has 1 aromatic rings. The van der Waals surface area contributed by atoms with E-state index in [-0.39, 0.29) is 11.6 Å². The highest BCUT2D eigenvalue weighted by molar-refractivity contribution is 5.68. The first-order valence-electron chi connectivity index (χ1n) is 8.69. The molecule has 0 bridgehead atoms. The van der Waals surface area contributed by atoms with Gasteiger partial charge in [-0.25, -0.2) is 4.79 Å². The van der Waals surface area contributed by atoms with Crippen LogP contribution in [0.15, 0.2) is 30.3 Å². The van der Waals surface area contributed by atoms with E-state index in [1.165, 1.54) is 5.69 Å². The van der Waals surface area contributed by atoms with E-state index >= 15 is 0 Å². The minimum Gasteiger partial charge on any atom is -0.444 e. The predicted molar refractivity (Wildman–Crippen MR) is 98.5 cm³/mol. The summed E-state index contributed by atoms with van der Waals surface area (Å²) in [6.07, 6.45) is 0.740. The number of carbonyl (C=O) groups is 1. The highest BCUT2D eigenvalue weighted by atomic mass is 16.6. The Balaban J connectivity index is 1.77. The summed E-state index contributed by atoms with van der Waals surface area (Å²) in [6.45, 7) is 12.4. The van der Waals surface area contributed by atoms with Gasteiger partial charge in [0, 0.05) is 31.4 Å². The van der Waals surface area contributed by atoms with Crippen molar-refractivity contribution in [1.82, 2.24) is 10.6 Å². The van der Waals surface area contributed by atoms with Crippen LogP contribution < -0.4 is 15.5 Å². The summed E-state index contributed by atoms with van der Waals surface area (Å²) in [5, 5.41) is 6.52. The lowest BCUT2D eigenvalue weighted by molar-refractivity contribution is 0.0471. The Labute approximate surface area is 145 Å². The van der Waals surface area contributed by atoms with Crippen LogP contribution in [0.25, 0.3) is 0 Å². The van der Waals surface area contributed by atoms with E-state index in [2.05, 4.69) is 39.8 Å². The average Bonchev–Trinajstić information content (AvgIpc) is 2.92. The average molecular weight is 333 g/mol. The molecule has 2 rings (SSSR count). The molecule has 5 heteroatoms. The van der Waals surface area contributed by atoms with E-state index in [4.69, 9.17) is 4.74 Å². The number of carbonyl (C=O) groups excluding carboxylic acids is 1. The molecule has 1 amide bonds. The molecule has 1 heterocycles. The Morgan fingerprint density at radius 1 is 1.21 bits per heavy atom. The Bertz CT molecular complexity index is 537. The molecule has 1 saturated heterocycles. The third kappa shape index (κ3) is 6.04. The fourth-order valence-electron chi connectivity index (χ4n) is 2.82. The normalized spacial score (nSPS) is 18.5. The van der Waals surface area contributed by atoms with Crippen LogP contribution in [0.2, 0.25) is 0 Å². The van der Waals surface area contributed by atoms with Crippen molar-refractivity contribution >= 4 is 11.8 Å². The standard InChI is InChI=1S/C19H31N3O2/c1-18(2,3)24-17(23)21-19(4,5)14-20-15-11-12-22(13-15)16-9-7-6-8-10-16/h6-10,15,20H,11-14H2,1-5H3,(H,21,23). The Morgan fingerprint density at radius 3 is 2.50 bits per heavy atom. The molecule has 1 aromatic carbocycles. The topological polar surface area (TPSA) is 53.6 Å². The smallest absolute Gasteiger partial charge is 0.408 e. The molecule has 2 N–H and O–H groups in total. The molecule has 1 aliphatic rings. The molecule has 0 aromatic heterocycles. The maximum atomic E-state index is 11.9. The van der Waals surface area contributed by atoms with Crippen molar-refractivity contribution in [3.8, 4) is 0 Å². The molecule has 134 valence electrons. The van der Waals surface area contributed by atoms with Crippen LogP contribution in [-0.4, -0.2) is 42.9 Å². The van der Waals surface area contributed by atoms with E-state index in [1.54, 1.807) is 0 Å². The van der Waals surface area contributed by atoms with Crippen molar-refractivity contribution in [1.29, 1.82) is 0 Å². The van der Waals surface area contributed by atoms with Crippen molar-refractivity contribution in [2.75, 3.05) is 24.5 Å². The van der Waals surface area contributed by atoms with E-state index in [1.807, 2.05) is 40.7 Å². The Kier molecular flexibility index (Phi) is 5.75. The summed E-state index contributed by atoms with van der Waals surface area (Å²) in [4.78, 5) is 14.3. The number of para-hydroxylation sites is 1. The minimum atomic E-state index is -0.477. The summed E-state index contributed by atoms with van der Waals surface area (Å²) in [5.41, 5.74) is 0.436. The molecule has 0 aliphatic carbocycles. The van der Waals surface area contributed by atoms with E-state index in [9.17, 15) is 4.79 Å². The zero-order valence-corrected chi connectivity index (χ0v) is 15.6. The van der Waals surface area contributed by atoms with Crippen LogP contribution in [0.4, 0.5) is 10.5 Å². The lowest BCUT2D eigenvalue weighted by atomic mass is 10.1. The van der Waals surface area contributed by atoms with E-state index in [0.29, 0.717) is 12.6 Å². The number of nitrogens with zero attached hydrogens (tertiary/aromatic N) is 1. The van der Waals surface area contributed by atoms with E-state index < -0.39 is 5.60 Å². The van der Waals surface area contributed by atoms with Gasteiger partial charge in [0.1, 0.15) is 5.60 Å². The molecular formula is C19H31N3O2. The minimum absolute atomic E-state index is 0.359. The van der Waals surface area contributed by atoms with Gasteiger partial charge in [0.2, 0.25) is 0 Å². The molecule has 0 saturated carbocycles. The maximum absolute atomic E-state index is 11.9. The second-order valence-electron chi connectivity index (χ2n) is 8.16. The molecule has 1 fully saturated rings. The Hall–Kier alpha value is -1.75. The largest absolute Gasteiger partial charge is 0.444 e. The zero-order chi connectivity index (χ0) is 17.8. The summed E-state index contributed by atoms with van der Waals surface area (Å²) < 4.78 is 5.33. The van der Waals surface area contributed by atoms with Gasteiger partial charge in [0.25, 0.3) is 0 Å². The van der Waals surface area contributed by atoms with Gasteiger partial charge in [-0.15, -0.1) is 0 Å². The van der Waals surface area contributed by atoms with Crippen molar-refractivity contribution in [3.63, 3.8) is 0 Å². The zero-order valence-electron chi connectivity index (χ0n) is 15.6. The van der Waals surface area contributed by atoms with Crippen LogP contribution in [0, 0.1) is 0 Å². The second-order valence-corrected chi connectivity index (χ2v) is 8.16. The number of hydrogen-bond acceptors (Lipinski definition) is 4. The lowest BCUT2D eigenvalue weighted by Crippen LogP contribution is -2.53. The number of anilines is 1. The van der Waals surface area contributed by atoms with Gasteiger partial charge in [-0.05, 0) is 53.2 Å². The molecular weight excluding hydrogens is 302 g/mol. The second kappa shape index (κ2) is 7.43. The first-order valence-corrected chi connectivity index (χ1v) is 8.69. The van der Waals surface area contributed by atoms with Crippen LogP contribution in [0.1, 0.15) is 41.0 Å². The first-order chi connectivity index (χ1) is 11.1. The van der Waals surface area contributed by atoms with Crippen molar-refractivity contribution in [2.24, 2.45) is 0 Å². The third-order valence-electron chi connectivity index (χ3n) is 3.98. The van der Waals surface area contributed by atoms with Crippen molar-refractivity contribution < 1.29 is 9.53 Å². The van der Waals surface area contributed by atoms with Gasteiger partial charge in [0.15, 0.2) is 0 Å². The van der Waals surface area contributed by atoms with Gasteiger partial charge in [-0.3, -0.25) is 0 Å². The number of alkyl carbamates (subject to hydrolysis) is 1. The van der Waals surface area contributed by atoms with Crippen molar-refractivity contribution in [3.05, 3.63) is 30.3 Å². The number of rotatable bonds is 5. The van der Waals surface area contributed by atoms with Gasteiger partial charge in [-0.2, -0.15) is 0 Å². The van der Waals surface area contributed by atoms with Gasteiger partial charge in [-0.1, -0.05) is 18.2 Å². The SMILES string of the molecule is CC(C)(CNC1CCN(c2ccccc2)C1)NC(=O)OC(C)(C)C. The monoisotopic (exact) mass is 333 g/mol. The van der Waals surface area contributed by atoms with Crippen LogP contribution in [0.3, 0.4) is 0 Å². The number of ether oxygens (including phenoxy) is 1.